The molecule has 1 fully saturated rings. The molecule has 1 unspecified atom stereocenters. The molecular formula is C16H19FN2O4. The van der Waals surface area contributed by atoms with Crippen molar-refractivity contribution in [2.24, 2.45) is 5.92 Å². The van der Waals surface area contributed by atoms with Gasteiger partial charge in [0.1, 0.15) is 5.82 Å². The van der Waals surface area contributed by atoms with Gasteiger partial charge in [-0.1, -0.05) is 12.1 Å². The van der Waals surface area contributed by atoms with E-state index < -0.39 is 17.7 Å². The molecule has 0 aromatic heterocycles. The smallest absolute Gasteiger partial charge is 0.303 e. The van der Waals surface area contributed by atoms with Crippen LogP contribution >= 0.6 is 0 Å². The molecule has 1 aliphatic rings. The summed E-state index contributed by atoms with van der Waals surface area (Å²) >= 11 is 0. The molecule has 1 N–H and O–H groups in total. The van der Waals surface area contributed by atoms with Gasteiger partial charge in [-0.15, -0.1) is 0 Å². The van der Waals surface area contributed by atoms with Crippen LogP contribution in [0.1, 0.15) is 19.3 Å². The van der Waals surface area contributed by atoms with Crippen LogP contribution in [0.25, 0.3) is 0 Å². The maximum atomic E-state index is 13.8. The molecule has 0 saturated carbocycles. The van der Waals surface area contributed by atoms with Gasteiger partial charge in [0, 0.05) is 33.0 Å². The zero-order valence-electron chi connectivity index (χ0n) is 12.9. The van der Waals surface area contributed by atoms with E-state index in [1.807, 2.05) is 0 Å². The first-order valence-corrected chi connectivity index (χ1v) is 7.42. The number of benzene rings is 1. The summed E-state index contributed by atoms with van der Waals surface area (Å²) in [6, 6.07) is 5.96. The number of nitrogens with zero attached hydrogens (tertiary/aromatic N) is 2. The highest BCUT2D eigenvalue weighted by molar-refractivity contribution is 6.00. The van der Waals surface area contributed by atoms with E-state index in [9.17, 15) is 18.8 Å². The Bertz CT molecular complexity index is 620. The Morgan fingerprint density at radius 2 is 2.09 bits per heavy atom. The van der Waals surface area contributed by atoms with Gasteiger partial charge in [-0.05, 0) is 18.6 Å². The third-order valence-electron chi connectivity index (χ3n) is 3.88. The summed E-state index contributed by atoms with van der Waals surface area (Å²) < 4.78 is 13.8. The topological polar surface area (TPSA) is 77.9 Å². The third kappa shape index (κ3) is 4.06. The van der Waals surface area contributed by atoms with Crippen molar-refractivity contribution in [3.63, 3.8) is 0 Å². The molecule has 0 spiro atoms. The molecule has 23 heavy (non-hydrogen) atoms. The summed E-state index contributed by atoms with van der Waals surface area (Å²) in [5, 5.41) is 8.61. The maximum absolute atomic E-state index is 13.8. The number of carboxylic acid groups (broad SMARTS) is 1. The van der Waals surface area contributed by atoms with Crippen LogP contribution in [-0.4, -0.2) is 47.9 Å². The van der Waals surface area contributed by atoms with E-state index in [2.05, 4.69) is 0 Å². The van der Waals surface area contributed by atoms with Gasteiger partial charge in [0.05, 0.1) is 11.6 Å². The summed E-state index contributed by atoms with van der Waals surface area (Å²) in [6.45, 7) is 0.456. The minimum atomic E-state index is -0.910. The molecule has 2 amide bonds. The van der Waals surface area contributed by atoms with Crippen molar-refractivity contribution >= 4 is 23.5 Å². The van der Waals surface area contributed by atoms with Gasteiger partial charge in [0.2, 0.25) is 11.8 Å². The van der Waals surface area contributed by atoms with Crippen LogP contribution in [0.4, 0.5) is 10.1 Å². The lowest BCUT2D eigenvalue weighted by atomic mass is 10.1. The number of rotatable bonds is 6. The second-order valence-corrected chi connectivity index (χ2v) is 5.61. The fraction of sp³-hybridized carbons (Fsp3) is 0.438. The monoisotopic (exact) mass is 322 g/mol. The van der Waals surface area contributed by atoms with Crippen LogP contribution < -0.4 is 4.90 Å². The second-order valence-electron chi connectivity index (χ2n) is 5.61. The minimum absolute atomic E-state index is 0.0113. The Hall–Kier alpha value is -2.44. The third-order valence-corrected chi connectivity index (χ3v) is 3.88. The van der Waals surface area contributed by atoms with Crippen molar-refractivity contribution in [2.75, 3.05) is 25.0 Å². The van der Waals surface area contributed by atoms with Gasteiger partial charge >= 0.3 is 5.97 Å². The van der Waals surface area contributed by atoms with Crippen LogP contribution in [0.15, 0.2) is 24.3 Å². The number of hydrogen-bond donors (Lipinski definition) is 1. The molecule has 1 aromatic carbocycles. The fourth-order valence-corrected chi connectivity index (χ4v) is 2.67. The minimum Gasteiger partial charge on any atom is -0.481 e. The van der Waals surface area contributed by atoms with Crippen molar-refractivity contribution in [1.82, 2.24) is 4.90 Å². The van der Waals surface area contributed by atoms with Crippen LogP contribution in [0.5, 0.6) is 0 Å². The highest BCUT2D eigenvalue weighted by Crippen LogP contribution is 2.28. The van der Waals surface area contributed by atoms with Crippen LogP contribution in [0.3, 0.4) is 0 Å². The Morgan fingerprint density at radius 3 is 2.74 bits per heavy atom. The lowest BCUT2D eigenvalue weighted by molar-refractivity contribution is -0.138. The van der Waals surface area contributed by atoms with E-state index in [0.29, 0.717) is 13.0 Å². The zero-order valence-corrected chi connectivity index (χ0v) is 12.9. The molecule has 1 aliphatic heterocycles. The van der Waals surface area contributed by atoms with Crippen LogP contribution in [-0.2, 0) is 14.4 Å². The molecule has 7 heteroatoms. The molecule has 0 aliphatic carbocycles. The predicted molar refractivity (Wildman–Crippen MR) is 81.4 cm³/mol. The van der Waals surface area contributed by atoms with Crippen molar-refractivity contribution in [3.8, 4) is 0 Å². The number of carboxylic acids is 1. The Balaban J connectivity index is 1.98. The van der Waals surface area contributed by atoms with Gasteiger partial charge in [-0.25, -0.2) is 4.39 Å². The molecular weight excluding hydrogens is 303 g/mol. The van der Waals surface area contributed by atoms with Crippen molar-refractivity contribution in [2.45, 2.75) is 19.3 Å². The van der Waals surface area contributed by atoms with Gasteiger partial charge in [-0.3, -0.25) is 14.4 Å². The molecule has 1 atom stereocenters. The van der Waals surface area contributed by atoms with Crippen molar-refractivity contribution in [1.29, 1.82) is 0 Å². The standard InChI is InChI=1S/C16H19FN2O4/c1-18(8-4-7-15(21)22)16(23)11-9-14(20)19(10-11)13-6-3-2-5-12(13)17/h2-3,5-6,11H,4,7-10H2,1H3,(H,21,22). The van der Waals surface area contributed by atoms with Gasteiger partial charge < -0.3 is 14.9 Å². The molecule has 124 valence electrons. The van der Waals surface area contributed by atoms with Crippen molar-refractivity contribution < 1.29 is 23.9 Å². The molecule has 0 bridgehead atoms. The molecule has 1 aromatic rings. The highest BCUT2D eigenvalue weighted by Gasteiger charge is 2.37. The summed E-state index contributed by atoms with van der Waals surface area (Å²) in [7, 11) is 1.58. The predicted octanol–water partition coefficient (Wildman–Crippen LogP) is 1.50. The van der Waals surface area contributed by atoms with E-state index >= 15 is 0 Å². The number of halogens is 1. The number of aliphatic carboxylic acids is 1. The summed E-state index contributed by atoms with van der Waals surface area (Å²) in [4.78, 5) is 37.6. The number of para-hydroxylation sites is 1. The second kappa shape index (κ2) is 7.21. The Kier molecular flexibility index (Phi) is 5.31. The van der Waals surface area contributed by atoms with E-state index in [1.54, 1.807) is 13.1 Å². The number of carbonyl (C=O) groups is 3. The number of amides is 2. The fourth-order valence-electron chi connectivity index (χ4n) is 2.67. The van der Waals surface area contributed by atoms with Crippen LogP contribution in [0.2, 0.25) is 0 Å². The largest absolute Gasteiger partial charge is 0.481 e. The molecule has 1 heterocycles. The molecule has 0 radical (unpaired) electrons. The zero-order chi connectivity index (χ0) is 17.0. The molecule has 1 saturated heterocycles. The van der Waals surface area contributed by atoms with Crippen molar-refractivity contribution in [3.05, 3.63) is 30.1 Å². The van der Waals surface area contributed by atoms with E-state index in [4.69, 9.17) is 5.11 Å². The number of anilines is 1. The average molecular weight is 322 g/mol. The van der Waals surface area contributed by atoms with Gasteiger partial charge in [0.25, 0.3) is 0 Å². The first kappa shape index (κ1) is 16.9. The number of carbonyl (C=O) groups excluding carboxylic acids is 2. The molecule has 2 rings (SSSR count). The summed E-state index contributed by atoms with van der Waals surface area (Å²) in [5.74, 6) is -2.44. The lowest BCUT2D eigenvalue weighted by Crippen LogP contribution is -2.35. The normalized spacial score (nSPS) is 17.4. The van der Waals surface area contributed by atoms with E-state index in [1.165, 1.54) is 28.0 Å². The van der Waals surface area contributed by atoms with E-state index in [0.717, 1.165) is 0 Å². The average Bonchev–Trinajstić information content (AvgIpc) is 2.88. The first-order valence-electron chi connectivity index (χ1n) is 7.42. The molecule has 6 nitrogen and oxygen atoms in total. The first-order chi connectivity index (χ1) is 10.9. The Labute approximate surface area is 133 Å². The van der Waals surface area contributed by atoms with Gasteiger partial charge in [-0.2, -0.15) is 0 Å². The quantitative estimate of drug-likeness (QED) is 0.861. The Morgan fingerprint density at radius 1 is 1.39 bits per heavy atom. The lowest BCUT2D eigenvalue weighted by Gasteiger charge is -2.21. The maximum Gasteiger partial charge on any atom is 0.303 e. The number of hydrogen-bond acceptors (Lipinski definition) is 3. The van der Waals surface area contributed by atoms with Gasteiger partial charge in [0.15, 0.2) is 0 Å². The SMILES string of the molecule is CN(CCCC(=O)O)C(=O)C1CC(=O)N(c2ccccc2F)C1. The summed E-state index contributed by atoms with van der Waals surface area (Å²) in [6.07, 6.45) is 0.383. The van der Waals surface area contributed by atoms with E-state index in [-0.39, 0.29) is 36.9 Å². The highest BCUT2D eigenvalue weighted by atomic mass is 19.1. The summed E-state index contributed by atoms with van der Waals surface area (Å²) in [5.41, 5.74) is 0.182. The van der Waals surface area contributed by atoms with Crippen LogP contribution in [0, 0.1) is 11.7 Å².